The van der Waals surface area contributed by atoms with Crippen LogP contribution in [0.3, 0.4) is 0 Å². The number of fused-ring (bicyclic) bond motifs is 1. The van der Waals surface area contributed by atoms with Crippen molar-refractivity contribution in [3.05, 3.63) is 58.6 Å². The number of anilines is 2. The van der Waals surface area contributed by atoms with Gasteiger partial charge in [-0.1, -0.05) is 35.9 Å². The van der Waals surface area contributed by atoms with Gasteiger partial charge in [0.05, 0.1) is 10.7 Å². The highest BCUT2D eigenvalue weighted by atomic mass is 35.5. The Morgan fingerprint density at radius 1 is 1.10 bits per heavy atom. The fourth-order valence-electron chi connectivity index (χ4n) is 3.02. The minimum absolute atomic E-state index is 0.833. The summed E-state index contributed by atoms with van der Waals surface area (Å²) in [6.07, 6.45) is 3.59. The average molecular weight is 301 g/mol. The molecule has 0 fully saturated rings. The lowest BCUT2D eigenvalue weighted by Gasteiger charge is -2.26. The van der Waals surface area contributed by atoms with Gasteiger partial charge in [-0.3, -0.25) is 0 Å². The molecule has 0 amide bonds. The molecule has 0 atom stereocenters. The summed E-state index contributed by atoms with van der Waals surface area (Å²) >= 11 is 6.55. The van der Waals surface area contributed by atoms with Crippen LogP contribution >= 0.6 is 11.6 Å². The Labute approximate surface area is 131 Å². The number of halogens is 1. The Hall–Kier alpha value is -1.51. The van der Waals surface area contributed by atoms with E-state index in [9.17, 15) is 0 Å². The highest BCUT2D eigenvalue weighted by Crippen LogP contribution is 2.36. The van der Waals surface area contributed by atoms with E-state index in [4.69, 9.17) is 11.6 Å². The third-order valence-electron chi connectivity index (χ3n) is 4.04. The zero-order valence-corrected chi connectivity index (χ0v) is 13.2. The number of benzene rings is 2. The van der Waals surface area contributed by atoms with E-state index >= 15 is 0 Å². The summed E-state index contributed by atoms with van der Waals surface area (Å²) in [5.41, 5.74) is 5.06. The van der Waals surface area contributed by atoms with Crippen LogP contribution in [0.4, 0.5) is 11.4 Å². The molecule has 0 bridgehead atoms. The van der Waals surface area contributed by atoms with Crippen molar-refractivity contribution >= 4 is 23.0 Å². The van der Waals surface area contributed by atoms with Gasteiger partial charge in [0.15, 0.2) is 0 Å². The number of hydrogen-bond donors (Lipinski definition) is 1. The van der Waals surface area contributed by atoms with Crippen molar-refractivity contribution in [1.82, 2.24) is 5.32 Å². The van der Waals surface area contributed by atoms with Crippen molar-refractivity contribution in [2.24, 2.45) is 0 Å². The van der Waals surface area contributed by atoms with Crippen LogP contribution in [0, 0.1) is 0 Å². The second kappa shape index (κ2) is 6.50. The molecule has 21 heavy (non-hydrogen) atoms. The van der Waals surface area contributed by atoms with Gasteiger partial charge in [0.2, 0.25) is 0 Å². The lowest BCUT2D eigenvalue weighted by Crippen LogP contribution is -2.18. The highest BCUT2D eigenvalue weighted by molar-refractivity contribution is 6.33. The van der Waals surface area contributed by atoms with Gasteiger partial charge >= 0.3 is 0 Å². The van der Waals surface area contributed by atoms with Crippen LogP contribution in [0.2, 0.25) is 5.02 Å². The van der Waals surface area contributed by atoms with Crippen LogP contribution in [-0.2, 0) is 13.0 Å². The Kier molecular flexibility index (Phi) is 4.47. The van der Waals surface area contributed by atoms with Gasteiger partial charge in [0.25, 0.3) is 0 Å². The van der Waals surface area contributed by atoms with Crippen molar-refractivity contribution in [3.8, 4) is 0 Å². The maximum Gasteiger partial charge on any atom is 0.0646 e. The first kappa shape index (κ1) is 14.4. The molecular formula is C18H21ClN2. The maximum absolute atomic E-state index is 6.55. The molecule has 2 aromatic rings. The summed E-state index contributed by atoms with van der Waals surface area (Å²) < 4.78 is 0. The van der Waals surface area contributed by atoms with Crippen molar-refractivity contribution < 1.29 is 0 Å². The normalized spacial score (nSPS) is 14.7. The quantitative estimate of drug-likeness (QED) is 0.895. The van der Waals surface area contributed by atoms with Crippen LogP contribution in [0.25, 0.3) is 0 Å². The van der Waals surface area contributed by atoms with E-state index in [-0.39, 0.29) is 0 Å². The molecule has 110 valence electrons. The van der Waals surface area contributed by atoms with Gasteiger partial charge in [0, 0.05) is 18.8 Å². The van der Waals surface area contributed by atoms with Crippen molar-refractivity contribution in [3.63, 3.8) is 0 Å². The molecule has 0 spiro atoms. The molecule has 0 aromatic heterocycles. The molecule has 2 nitrogen and oxygen atoms in total. The zero-order chi connectivity index (χ0) is 14.7. The summed E-state index contributed by atoms with van der Waals surface area (Å²) in [5, 5.41) is 4.00. The van der Waals surface area contributed by atoms with Crippen LogP contribution in [0.15, 0.2) is 42.5 Å². The third kappa shape index (κ3) is 3.07. The van der Waals surface area contributed by atoms with Crippen LogP contribution in [-0.4, -0.2) is 13.6 Å². The van der Waals surface area contributed by atoms with E-state index in [0.29, 0.717) is 0 Å². The van der Waals surface area contributed by atoms with E-state index in [0.717, 1.165) is 30.2 Å². The zero-order valence-electron chi connectivity index (χ0n) is 12.4. The maximum atomic E-state index is 6.55. The first-order valence-electron chi connectivity index (χ1n) is 7.58. The van der Waals surface area contributed by atoms with Crippen LogP contribution < -0.4 is 10.2 Å². The molecule has 0 saturated carbocycles. The van der Waals surface area contributed by atoms with Gasteiger partial charge < -0.3 is 10.2 Å². The Morgan fingerprint density at radius 3 is 2.76 bits per heavy atom. The molecule has 0 saturated heterocycles. The fraction of sp³-hybridized carbons (Fsp3) is 0.333. The van der Waals surface area contributed by atoms with Crippen LogP contribution in [0.1, 0.15) is 24.0 Å². The fourth-order valence-corrected chi connectivity index (χ4v) is 3.33. The van der Waals surface area contributed by atoms with E-state index < -0.39 is 0 Å². The Morgan fingerprint density at radius 2 is 1.95 bits per heavy atom. The predicted molar refractivity (Wildman–Crippen MR) is 90.6 cm³/mol. The minimum Gasteiger partial charge on any atom is -0.340 e. The Balaban J connectivity index is 2.00. The number of nitrogens with one attached hydrogen (secondary N) is 1. The number of hydrogen-bond acceptors (Lipinski definition) is 2. The summed E-state index contributed by atoms with van der Waals surface area (Å²) in [4.78, 5) is 2.37. The molecule has 1 aliphatic rings. The molecule has 1 aliphatic heterocycles. The molecule has 0 unspecified atom stereocenters. The van der Waals surface area contributed by atoms with Gasteiger partial charge in [-0.2, -0.15) is 0 Å². The topological polar surface area (TPSA) is 15.3 Å². The minimum atomic E-state index is 0.833. The molecule has 0 radical (unpaired) electrons. The predicted octanol–water partition coefficient (Wildman–Crippen LogP) is 4.53. The summed E-state index contributed by atoms with van der Waals surface area (Å²) in [6.45, 7) is 1.87. The summed E-state index contributed by atoms with van der Waals surface area (Å²) in [5.74, 6) is 0. The molecule has 3 heteroatoms. The van der Waals surface area contributed by atoms with E-state index in [2.05, 4.69) is 52.7 Å². The van der Waals surface area contributed by atoms with Gasteiger partial charge in [-0.15, -0.1) is 0 Å². The molecule has 1 heterocycles. The first-order chi connectivity index (χ1) is 10.3. The molecule has 3 rings (SSSR count). The largest absolute Gasteiger partial charge is 0.340 e. The summed E-state index contributed by atoms with van der Waals surface area (Å²) in [7, 11) is 1.95. The second-order valence-electron chi connectivity index (χ2n) is 5.55. The van der Waals surface area contributed by atoms with E-state index in [1.807, 2.05) is 7.05 Å². The van der Waals surface area contributed by atoms with E-state index in [1.165, 1.54) is 29.7 Å². The Bertz CT molecular complexity index is 624. The SMILES string of the molecule is CNCc1ccc(N2CCCCc3ccccc32)c(Cl)c1. The summed E-state index contributed by atoms with van der Waals surface area (Å²) in [6, 6.07) is 15.1. The highest BCUT2D eigenvalue weighted by Gasteiger charge is 2.18. The number of nitrogens with zero attached hydrogens (tertiary/aromatic N) is 1. The van der Waals surface area contributed by atoms with Crippen molar-refractivity contribution in [2.75, 3.05) is 18.5 Å². The monoisotopic (exact) mass is 300 g/mol. The van der Waals surface area contributed by atoms with Crippen molar-refractivity contribution in [2.45, 2.75) is 25.8 Å². The molecule has 1 N–H and O–H groups in total. The lowest BCUT2D eigenvalue weighted by molar-refractivity contribution is 0.761. The van der Waals surface area contributed by atoms with Crippen molar-refractivity contribution in [1.29, 1.82) is 0 Å². The molecular weight excluding hydrogens is 280 g/mol. The average Bonchev–Trinajstić information content (AvgIpc) is 2.70. The van der Waals surface area contributed by atoms with Gasteiger partial charge in [-0.05, 0) is 55.6 Å². The number of aryl methyl sites for hydroxylation is 1. The standard InChI is InChI=1S/C18H21ClN2/c1-20-13-14-9-10-18(16(19)12-14)21-11-5-4-7-15-6-2-3-8-17(15)21/h2-3,6,8-10,12,20H,4-5,7,11,13H2,1H3. The second-order valence-corrected chi connectivity index (χ2v) is 5.96. The first-order valence-corrected chi connectivity index (χ1v) is 7.96. The molecule has 2 aromatic carbocycles. The number of para-hydroxylation sites is 1. The molecule has 0 aliphatic carbocycles. The smallest absolute Gasteiger partial charge is 0.0646 e. The van der Waals surface area contributed by atoms with Gasteiger partial charge in [0.1, 0.15) is 0 Å². The van der Waals surface area contributed by atoms with E-state index in [1.54, 1.807) is 0 Å². The van der Waals surface area contributed by atoms with Gasteiger partial charge in [-0.25, -0.2) is 0 Å². The third-order valence-corrected chi connectivity index (χ3v) is 4.35. The lowest BCUT2D eigenvalue weighted by atomic mass is 10.1. The number of rotatable bonds is 3. The van der Waals surface area contributed by atoms with Crippen LogP contribution in [0.5, 0.6) is 0 Å².